The molecule has 0 spiro atoms. The number of hydrogen-bond acceptors (Lipinski definition) is 5. The Hall–Kier alpha value is -0.490. The second-order valence-corrected chi connectivity index (χ2v) is 8.61. The van der Waals surface area contributed by atoms with Crippen LogP contribution in [-0.2, 0) is 16.0 Å². The summed E-state index contributed by atoms with van der Waals surface area (Å²) < 4.78 is 12.3. The van der Waals surface area contributed by atoms with Gasteiger partial charge in [0, 0.05) is 42.8 Å². The van der Waals surface area contributed by atoms with Gasteiger partial charge in [-0.1, -0.05) is 0 Å². The number of hydrogen-bond donors (Lipinski definition) is 0. The van der Waals surface area contributed by atoms with Gasteiger partial charge >= 0.3 is 0 Å². The van der Waals surface area contributed by atoms with Crippen LogP contribution in [0.2, 0.25) is 0 Å². The quantitative estimate of drug-likeness (QED) is 0.799. The molecular weight excluding hydrogens is 308 g/mol. The van der Waals surface area contributed by atoms with E-state index in [1.54, 1.807) is 11.3 Å². The summed E-state index contributed by atoms with van der Waals surface area (Å²) in [5.74, 6) is 0.840. The van der Waals surface area contributed by atoms with E-state index in [2.05, 4.69) is 22.2 Å². The van der Waals surface area contributed by atoms with E-state index >= 15 is 0 Å². The van der Waals surface area contributed by atoms with Crippen molar-refractivity contribution < 1.29 is 9.47 Å². The standard InChI is InChI=1S/C18H28N2O2S/c1-14-11-23-17(19-14)9-20-7-5-16-18(12-20,6-2-8-22-16)13-21-10-15-3-4-15/h11,15-16H,2-10,12-13H2,1H3. The summed E-state index contributed by atoms with van der Waals surface area (Å²) in [7, 11) is 0. The third kappa shape index (κ3) is 3.78. The Labute approximate surface area is 143 Å². The molecule has 2 aliphatic heterocycles. The summed E-state index contributed by atoms with van der Waals surface area (Å²) in [5.41, 5.74) is 1.35. The highest BCUT2D eigenvalue weighted by Gasteiger charge is 2.46. The van der Waals surface area contributed by atoms with Crippen LogP contribution in [-0.4, -0.2) is 48.9 Å². The van der Waals surface area contributed by atoms with Crippen LogP contribution in [0.4, 0.5) is 0 Å². The lowest BCUT2D eigenvalue weighted by atomic mass is 9.73. The van der Waals surface area contributed by atoms with Gasteiger partial charge < -0.3 is 9.47 Å². The van der Waals surface area contributed by atoms with Crippen LogP contribution in [0.15, 0.2) is 5.38 Å². The van der Waals surface area contributed by atoms with Crippen molar-refractivity contribution in [2.45, 2.75) is 51.7 Å². The molecule has 5 heteroatoms. The molecular formula is C18H28N2O2S. The van der Waals surface area contributed by atoms with Gasteiger partial charge in [0.2, 0.25) is 0 Å². The summed E-state index contributed by atoms with van der Waals surface area (Å²) in [5, 5.41) is 3.40. The van der Waals surface area contributed by atoms with Gasteiger partial charge in [-0.25, -0.2) is 4.98 Å². The molecule has 4 rings (SSSR count). The van der Waals surface area contributed by atoms with Crippen LogP contribution in [0.5, 0.6) is 0 Å². The molecule has 3 heterocycles. The van der Waals surface area contributed by atoms with E-state index in [1.807, 2.05) is 0 Å². The van der Waals surface area contributed by atoms with E-state index < -0.39 is 0 Å². The maximum Gasteiger partial charge on any atom is 0.107 e. The van der Waals surface area contributed by atoms with Crippen molar-refractivity contribution >= 4 is 11.3 Å². The molecule has 0 bridgehead atoms. The molecule has 23 heavy (non-hydrogen) atoms. The minimum Gasteiger partial charge on any atom is -0.380 e. The normalized spacial score (nSPS) is 32.0. The number of fused-ring (bicyclic) bond motifs is 1. The number of aromatic nitrogens is 1. The number of rotatable bonds is 6. The molecule has 0 aromatic carbocycles. The van der Waals surface area contributed by atoms with Crippen LogP contribution < -0.4 is 0 Å². The number of piperidine rings is 1. The topological polar surface area (TPSA) is 34.6 Å². The Bertz CT molecular complexity index is 531. The SMILES string of the molecule is Cc1csc(CN2CCC3OCCCC3(COCC3CC3)C2)n1. The first-order valence-electron chi connectivity index (χ1n) is 9.06. The second-order valence-electron chi connectivity index (χ2n) is 7.67. The first kappa shape index (κ1) is 16.0. The highest BCUT2D eigenvalue weighted by molar-refractivity contribution is 7.09. The summed E-state index contributed by atoms with van der Waals surface area (Å²) >= 11 is 1.79. The molecule has 1 saturated carbocycles. The Kier molecular flexibility index (Phi) is 4.72. The monoisotopic (exact) mass is 336 g/mol. The molecule has 4 nitrogen and oxygen atoms in total. The number of ether oxygens (including phenoxy) is 2. The van der Waals surface area contributed by atoms with Crippen LogP contribution in [0.25, 0.3) is 0 Å². The molecule has 3 aliphatic rings. The maximum atomic E-state index is 6.14. The first-order valence-corrected chi connectivity index (χ1v) is 9.94. The molecule has 1 aromatic heterocycles. The van der Waals surface area contributed by atoms with Gasteiger partial charge in [0.15, 0.2) is 0 Å². The summed E-state index contributed by atoms with van der Waals surface area (Å²) in [6.45, 7) is 8.04. The van der Waals surface area contributed by atoms with Gasteiger partial charge in [-0.15, -0.1) is 11.3 Å². The maximum absolute atomic E-state index is 6.14. The molecule has 1 aliphatic carbocycles. The van der Waals surface area contributed by atoms with Gasteiger partial charge in [-0.2, -0.15) is 0 Å². The van der Waals surface area contributed by atoms with Gasteiger partial charge in [0.25, 0.3) is 0 Å². The van der Waals surface area contributed by atoms with Crippen LogP contribution in [0.3, 0.4) is 0 Å². The molecule has 0 amide bonds. The number of nitrogens with zero attached hydrogens (tertiary/aromatic N) is 2. The van der Waals surface area contributed by atoms with Gasteiger partial charge in [0.05, 0.1) is 19.3 Å². The van der Waals surface area contributed by atoms with Crippen LogP contribution in [0.1, 0.15) is 42.8 Å². The van der Waals surface area contributed by atoms with Gasteiger partial charge in [-0.3, -0.25) is 4.90 Å². The van der Waals surface area contributed by atoms with E-state index in [-0.39, 0.29) is 5.41 Å². The molecule has 0 N–H and O–H groups in total. The predicted molar refractivity (Wildman–Crippen MR) is 91.7 cm³/mol. The number of likely N-dealkylation sites (tertiary alicyclic amines) is 1. The fourth-order valence-corrected chi connectivity index (χ4v) is 4.92. The average Bonchev–Trinajstić information content (AvgIpc) is 3.28. The lowest BCUT2D eigenvalue weighted by molar-refractivity contribution is -0.154. The molecule has 0 radical (unpaired) electrons. The van der Waals surface area contributed by atoms with E-state index in [0.29, 0.717) is 6.10 Å². The van der Waals surface area contributed by atoms with E-state index in [9.17, 15) is 0 Å². The number of thiazole rings is 1. The highest BCUT2D eigenvalue weighted by atomic mass is 32.1. The number of aryl methyl sites for hydroxylation is 1. The van der Waals surface area contributed by atoms with Crippen molar-refractivity contribution in [3.8, 4) is 0 Å². The molecule has 2 atom stereocenters. The van der Waals surface area contributed by atoms with Crippen molar-refractivity contribution in [2.24, 2.45) is 11.3 Å². The second kappa shape index (κ2) is 6.79. The summed E-state index contributed by atoms with van der Waals surface area (Å²) in [6.07, 6.45) is 6.68. The predicted octanol–water partition coefficient (Wildman–Crippen LogP) is 3.25. The third-order valence-corrected chi connectivity index (χ3v) is 6.48. The summed E-state index contributed by atoms with van der Waals surface area (Å²) in [4.78, 5) is 7.21. The zero-order valence-corrected chi connectivity index (χ0v) is 14.9. The molecule has 3 fully saturated rings. The lowest BCUT2D eigenvalue weighted by Gasteiger charge is -2.50. The van der Waals surface area contributed by atoms with Gasteiger partial charge in [0.1, 0.15) is 5.01 Å². The van der Waals surface area contributed by atoms with E-state index in [0.717, 1.165) is 57.5 Å². The summed E-state index contributed by atoms with van der Waals surface area (Å²) in [6, 6.07) is 0. The third-order valence-electron chi connectivity index (χ3n) is 5.53. The van der Waals surface area contributed by atoms with Crippen LogP contribution in [0, 0.1) is 18.3 Å². The fraction of sp³-hybridized carbons (Fsp3) is 0.833. The first-order chi connectivity index (χ1) is 11.2. The Balaban J connectivity index is 1.40. The van der Waals surface area contributed by atoms with Crippen molar-refractivity contribution in [3.05, 3.63) is 16.1 Å². The Morgan fingerprint density at radius 3 is 3.13 bits per heavy atom. The largest absolute Gasteiger partial charge is 0.380 e. The van der Waals surface area contributed by atoms with Crippen molar-refractivity contribution in [1.29, 1.82) is 0 Å². The zero-order valence-electron chi connectivity index (χ0n) is 14.1. The average molecular weight is 337 g/mol. The lowest BCUT2D eigenvalue weighted by Crippen LogP contribution is -2.56. The Morgan fingerprint density at radius 1 is 1.43 bits per heavy atom. The zero-order chi connectivity index (χ0) is 15.7. The molecule has 2 saturated heterocycles. The highest BCUT2D eigenvalue weighted by Crippen LogP contribution is 2.41. The molecule has 1 aromatic rings. The fourth-order valence-electron chi connectivity index (χ4n) is 4.11. The van der Waals surface area contributed by atoms with Crippen LogP contribution >= 0.6 is 11.3 Å². The van der Waals surface area contributed by atoms with E-state index in [4.69, 9.17) is 9.47 Å². The van der Waals surface area contributed by atoms with Crippen molar-refractivity contribution in [1.82, 2.24) is 9.88 Å². The van der Waals surface area contributed by atoms with Crippen molar-refractivity contribution in [2.75, 3.05) is 32.9 Å². The van der Waals surface area contributed by atoms with Crippen molar-refractivity contribution in [3.63, 3.8) is 0 Å². The molecule has 128 valence electrons. The van der Waals surface area contributed by atoms with E-state index in [1.165, 1.54) is 30.7 Å². The Morgan fingerprint density at radius 2 is 2.35 bits per heavy atom. The minimum absolute atomic E-state index is 0.206. The van der Waals surface area contributed by atoms with Gasteiger partial charge in [-0.05, 0) is 44.9 Å². The minimum atomic E-state index is 0.206. The molecule has 2 unspecified atom stereocenters. The smallest absolute Gasteiger partial charge is 0.107 e.